The molecule has 3 aromatic rings. The average Bonchev–Trinajstić information content (AvgIpc) is 3.09. The van der Waals surface area contributed by atoms with Crippen molar-refractivity contribution in [2.75, 3.05) is 32.7 Å². The molecule has 3 heterocycles. The Labute approximate surface area is 180 Å². The number of aliphatic carboxylic acids is 1. The summed E-state index contributed by atoms with van der Waals surface area (Å²) in [5, 5.41) is 20.1. The van der Waals surface area contributed by atoms with E-state index in [-0.39, 0.29) is 5.56 Å². The molecule has 1 aliphatic heterocycles. The van der Waals surface area contributed by atoms with Crippen LogP contribution in [0.15, 0.2) is 48.9 Å². The van der Waals surface area contributed by atoms with E-state index in [9.17, 15) is 19.8 Å². The van der Waals surface area contributed by atoms with Gasteiger partial charge in [0.25, 0.3) is 0 Å². The summed E-state index contributed by atoms with van der Waals surface area (Å²) in [5.41, 5.74) is 2.86. The maximum atomic E-state index is 12.3. The highest BCUT2D eigenvalue weighted by molar-refractivity contribution is 5.96. The molecule has 0 bridgehead atoms. The zero-order chi connectivity index (χ0) is 22.0. The number of rotatable bonds is 7. The lowest BCUT2D eigenvalue weighted by Gasteiger charge is -2.37. The zero-order valence-electron chi connectivity index (χ0n) is 17.4. The molecule has 2 aromatic heterocycles. The first-order chi connectivity index (χ1) is 14.9. The van der Waals surface area contributed by atoms with E-state index >= 15 is 0 Å². The van der Waals surface area contributed by atoms with Crippen molar-refractivity contribution in [3.05, 3.63) is 65.6 Å². The number of carbonyl (C=O) groups is 2. The Hall–Kier alpha value is -3.23. The molecule has 1 atom stereocenters. The predicted molar refractivity (Wildman–Crippen MR) is 116 cm³/mol. The Morgan fingerprint density at radius 3 is 2.42 bits per heavy atom. The minimum Gasteiger partial charge on any atom is -0.480 e. The SMILES string of the molecule is Cn1cc([C@@H](C(=O)O)N2CCN(CCc3ccncc3)CC2)c2cc(C(=O)O)ccc21. The van der Waals surface area contributed by atoms with E-state index in [0.29, 0.717) is 24.0 Å². The maximum absolute atomic E-state index is 12.3. The summed E-state index contributed by atoms with van der Waals surface area (Å²) in [6.45, 7) is 3.79. The van der Waals surface area contributed by atoms with Crippen molar-refractivity contribution in [2.45, 2.75) is 12.5 Å². The largest absolute Gasteiger partial charge is 0.480 e. The molecule has 0 spiro atoms. The number of benzene rings is 1. The van der Waals surface area contributed by atoms with Crippen molar-refractivity contribution >= 4 is 22.8 Å². The maximum Gasteiger partial charge on any atom is 0.335 e. The van der Waals surface area contributed by atoms with Crippen molar-refractivity contribution in [3.63, 3.8) is 0 Å². The Kier molecular flexibility index (Phi) is 6.01. The summed E-state index contributed by atoms with van der Waals surface area (Å²) in [6, 6.07) is 8.08. The number of aromatic carboxylic acids is 1. The van der Waals surface area contributed by atoms with Crippen LogP contribution in [0.3, 0.4) is 0 Å². The first kappa shape index (κ1) is 21.0. The summed E-state index contributed by atoms with van der Waals surface area (Å²) >= 11 is 0. The lowest BCUT2D eigenvalue weighted by molar-refractivity contribution is -0.144. The molecule has 1 aliphatic rings. The van der Waals surface area contributed by atoms with Crippen molar-refractivity contribution in [1.29, 1.82) is 0 Å². The smallest absolute Gasteiger partial charge is 0.335 e. The minimum absolute atomic E-state index is 0.157. The van der Waals surface area contributed by atoms with Gasteiger partial charge in [-0.25, -0.2) is 4.79 Å². The Morgan fingerprint density at radius 1 is 1.06 bits per heavy atom. The summed E-state index contributed by atoms with van der Waals surface area (Å²) in [4.78, 5) is 32.1. The first-order valence-electron chi connectivity index (χ1n) is 10.3. The summed E-state index contributed by atoms with van der Waals surface area (Å²) in [6.07, 6.45) is 6.34. The predicted octanol–water partition coefficient (Wildman–Crippen LogP) is 2.26. The summed E-state index contributed by atoms with van der Waals surface area (Å²) in [7, 11) is 1.85. The fraction of sp³-hybridized carbons (Fsp3) is 0.348. The Bertz CT molecular complexity index is 1090. The highest BCUT2D eigenvalue weighted by atomic mass is 16.4. The molecule has 1 saturated heterocycles. The highest BCUT2D eigenvalue weighted by Crippen LogP contribution is 2.31. The molecule has 1 fully saturated rings. The molecule has 0 amide bonds. The fourth-order valence-corrected chi connectivity index (χ4v) is 4.34. The van der Waals surface area contributed by atoms with Gasteiger partial charge in [-0.05, 0) is 42.3 Å². The van der Waals surface area contributed by atoms with Crippen LogP contribution in [0.4, 0.5) is 0 Å². The van der Waals surface area contributed by atoms with E-state index in [1.807, 2.05) is 34.8 Å². The van der Waals surface area contributed by atoms with Gasteiger partial charge >= 0.3 is 11.9 Å². The number of carboxylic acid groups (broad SMARTS) is 2. The number of aryl methyl sites for hydroxylation is 1. The number of hydrogen-bond donors (Lipinski definition) is 2. The standard InChI is InChI=1S/C23H26N4O4/c1-25-15-19(18-14-17(22(28)29)2-3-20(18)25)21(23(30)31)27-12-10-26(11-13-27)9-6-16-4-7-24-8-5-16/h2-5,7-8,14-15,21H,6,9-13H2,1H3,(H,28,29)(H,30,31)/t21-/m0/s1. The lowest BCUT2D eigenvalue weighted by atomic mass is 10.0. The van der Waals surface area contributed by atoms with Crippen LogP contribution in [0.1, 0.15) is 27.5 Å². The van der Waals surface area contributed by atoms with Crippen LogP contribution in [0.2, 0.25) is 0 Å². The molecule has 4 rings (SSSR count). The van der Waals surface area contributed by atoms with Crippen LogP contribution in [-0.4, -0.2) is 74.2 Å². The topological polar surface area (TPSA) is 98.9 Å². The third kappa shape index (κ3) is 4.45. The molecule has 8 nitrogen and oxygen atoms in total. The van der Waals surface area contributed by atoms with Crippen LogP contribution in [0, 0.1) is 0 Å². The number of aromatic nitrogens is 2. The van der Waals surface area contributed by atoms with Gasteiger partial charge in [0.15, 0.2) is 0 Å². The van der Waals surface area contributed by atoms with Gasteiger partial charge in [0, 0.05) is 74.8 Å². The Balaban J connectivity index is 1.51. The highest BCUT2D eigenvalue weighted by Gasteiger charge is 2.32. The molecule has 0 aliphatic carbocycles. The second-order valence-corrected chi connectivity index (χ2v) is 7.96. The van der Waals surface area contributed by atoms with Gasteiger partial charge in [0.2, 0.25) is 0 Å². The van der Waals surface area contributed by atoms with Crippen molar-refractivity contribution in [1.82, 2.24) is 19.4 Å². The molecule has 8 heteroatoms. The number of hydrogen-bond acceptors (Lipinski definition) is 5. The molecule has 31 heavy (non-hydrogen) atoms. The normalized spacial score (nSPS) is 16.4. The van der Waals surface area contributed by atoms with Crippen molar-refractivity contribution < 1.29 is 19.8 Å². The summed E-state index contributed by atoms with van der Waals surface area (Å²) in [5.74, 6) is -1.94. The molecule has 0 radical (unpaired) electrons. The van der Waals surface area contributed by atoms with Crippen LogP contribution in [-0.2, 0) is 18.3 Å². The Morgan fingerprint density at radius 2 is 1.77 bits per heavy atom. The summed E-state index contributed by atoms with van der Waals surface area (Å²) < 4.78 is 1.86. The van der Waals surface area contributed by atoms with Gasteiger partial charge in [-0.1, -0.05) is 0 Å². The monoisotopic (exact) mass is 422 g/mol. The van der Waals surface area contributed by atoms with Gasteiger partial charge in [-0.3, -0.25) is 14.7 Å². The van der Waals surface area contributed by atoms with Gasteiger partial charge < -0.3 is 19.7 Å². The minimum atomic E-state index is -1.02. The first-order valence-corrected chi connectivity index (χ1v) is 10.3. The molecule has 162 valence electrons. The van der Waals surface area contributed by atoms with Crippen LogP contribution >= 0.6 is 0 Å². The third-order valence-electron chi connectivity index (χ3n) is 6.03. The fourth-order valence-electron chi connectivity index (χ4n) is 4.34. The van der Waals surface area contributed by atoms with Gasteiger partial charge in [-0.2, -0.15) is 0 Å². The van der Waals surface area contributed by atoms with E-state index in [2.05, 4.69) is 9.88 Å². The molecule has 2 N–H and O–H groups in total. The van der Waals surface area contributed by atoms with Gasteiger partial charge in [0.05, 0.1) is 5.56 Å². The van der Waals surface area contributed by atoms with Crippen molar-refractivity contribution in [2.24, 2.45) is 7.05 Å². The van der Waals surface area contributed by atoms with E-state index in [4.69, 9.17) is 0 Å². The van der Waals surface area contributed by atoms with E-state index < -0.39 is 18.0 Å². The van der Waals surface area contributed by atoms with E-state index in [1.54, 1.807) is 30.6 Å². The molecule has 0 unspecified atom stereocenters. The van der Waals surface area contributed by atoms with Crippen LogP contribution in [0.5, 0.6) is 0 Å². The van der Waals surface area contributed by atoms with Crippen LogP contribution < -0.4 is 0 Å². The van der Waals surface area contributed by atoms with Crippen molar-refractivity contribution in [3.8, 4) is 0 Å². The molecule has 0 saturated carbocycles. The number of piperazine rings is 1. The average molecular weight is 422 g/mol. The second-order valence-electron chi connectivity index (χ2n) is 7.96. The third-order valence-corrected chi connectivity index (χ3v) is 6.03. The van der Waals surface area contributed by atoms with Gasteiger partial charge in [0.1, 0.15) is 6.04 Å². The lowest BCUT2D eigenvalue weighted by Crippen LogP contribution is -2.49. The van der Waals surface area contributed by atoms with Gasteiger partial charge in [-0.15, -0.1) is 0 Å². The number of fused-ring (bicyclic) bond motifs is 1. The van der Waals surface area contributed by atoms with E-state index in [0.717, 1.165) is 31.6 Å². The number of pyridine rings is 1. The van der Waals surface area contributed by atoms with Crippen LogP contribution in [0.25, 0.3) is 10.9 Å². The second kappa shape index (κ2) is 8.87. The number of nitrogens with zero attached hydrogens (tertiary/aromatic N) is 4. The quantitative estimate of drug-likeness (QED) is 0.603. The number of carboxylic acids is 2. The zero-order valence-corrected chi connectivity index (χ0v) is 17.4. The molecule has 1 aromatic carbocycles. The molecular weight excluding hydrogens is 396 g/mol. The van der Waals surface area contributed by atoms with E-state index in [1.165, 1.54) is 5.56 Å². The molecular formula is C23H26N4O4.